The van der Waals surface area contributed by atoms with Gasteiger partial charge in [0.05, 0.1) is 12.2 Å². The van der Waals surface area contributed by atoms with Crippen LogP contribution in [0.3, 0.4) is 0 Å². The lowest BCUT2D eigenvalue weighted by Gasteiger charge is -2.27. The first kappa shape index (κ1) is 13.6. The average Bonchev–Trinajstić information content (AvgIpc) is 3.31. The molecule has 4 heteroatoms. The van der Waals surface area contributed by atoms with Gasteiger partial charge in [0.25, 0.3) is 0 Å². The molecule has 1 unspecified atom stereocenters. The van der Waals surface area contributed by atoms with Crippen molar-refractivity contribution in [2.45, 2.75) is 44.7 Å². The number of rotatable bonds is 5. The number of carbonyl (C=O) groups excluding carboxylic acids is 1. The summed E-state index contributed by atoms with van der Waals surface area (Å²) in [4.78, 5) is 19.0. The molecule has 1 saturated heterocycles. The fourth-order valence-electron chi connectivity index (χ4n) is 2.94. The Morgan fingerprint density at radius 3 is 2.90 bits per heavy atom. The molecule has 1 saturated carbocycles. The van der Waals surface area contributed by atoms with Crippen molar-refractivity contribution in [1.82, 2.24) is 15.2 Å². The zero-order chi connectivity index (χ0) is 13.8. The summed E-state index contributed by atoms with van der Waals surface area (Å²) in [5.41, 5.74) is 0.995. The molecule has 1 atom stereocenters. The van der Waals surface area contributed by atoms with Crippen molar-refractivity contribution < 1.29 is 4.79 Å². The second kappa shape index (κ2) is 6.35. The third-order valence-electron chi connectivity index (χ3n) is 4.23. The first-order chi connectivity index (χ1) is 9.83. The van der Waals surface area contributed by atoms with Crippen LogP contribution < -0.4 is 5.32 Å². The Morgan fingerprint density at radius 1 is 1.35 bits per heavy atom. The average molecular weight is 273 g/mol. The van der Waals surface area contributed by atoms with Crippen LogP contribution in [0.25, 0.3) is 0 Å². The van der Waals surface area contributed by atoms with E-state index in [4.69, 9.17) is 0 Å². The van der Waals surface area contributed by atoms with Crippen LogP contribution in [0.5, 0.6) is 0 Å². The number of aromatic nitrogens is 1. The van der Waals surface area contributed by atoms with E-state index in [1.165, 1.54) is 12.8 Å². The van der Waals surface area contributed by atoms with Crippen molar-refractivity contribution in [1.29, 1.82) is 0 Å². The van der Waals surface area contributed by atoms with E-state index in [2.05, 4.69) is 15.2 Å². The lowest BCUT2D eigenvalue weighted by atomic mass is 9.95. The zero-order valence-electron chi connectivity index (χ0n) is 11.9. The minimum atomic E-state index is 0.312. The molecule has 1 amide bonds. The number of amides is 1. The molecule has 1 aromatic rings. The van der Waals surface area contributed by atoms with Gasteiger partial charge in [-0.2, -0.15) is 0 Å². The molecule has 1 N–H and O–H groups in total. The summed E-state index contributed by atoms with van der Waals surface area (Å²) < 4.78 is 0. The van der Waals surface area contributed by atoms with Gasteiger partial charge in [-0.25, -0.2) is 0 Å². The number of piperidine rings is 1. The predicted octanol–water partition coefficient (Wildman–Crippen LogP) is 1.96. The van der Waals surface area contributed by atoms with Crippen molar-refractivity contribution in [3.05, 3.63) is 30.1 Å². The van der Waals surface area contributed by atoms with Crippen molar-refractivity contribution in [2.24, 2.45) is 5.92 Å². The Kier molecular flexibility index (Phi) is 4.31. The van der Waals surface area contributed by atoms with Gasteiger partial charge < -0.3 is 10.2 Å². The molecule has 108 valence electrons. The fraction of sp³-hybridized carbons (Fsp3) is 0.625. The highest BCUT2D eigenvalue weighted by Crippen LogP contribution is 2.29. The van der Waals surface area contributed by atoms with E-state index in [1.54, 1.807) is 6.20 Å². The van der Waals surface area contributed by atoms with Crippen LogP contribution in [0.2, 0.25) is 0 Å². The van der Waals surface area contributed by atoms with E-state index in [0.717, 1.165) is 31.6 Å². The summed E-state index contributed by atoms with van der Waals surface area (Å²) in [6, 6.07) is 6.37. The predicted molar refractivity (Wildman–Crippen MR) is 78.0 cm³/mol. The Balaban J connectivity index is 1.59. The van der Waals surface area contributed by atoms with Gasteiger partial charge in [-0.1, -0.05) is 6.07 Å². The van der Waals surface area contributed by atoms with Crippen LogP contribution in [0.15, 0.2) is 24.4 Å². The van der Waals surface area contributed by atoms with Gasteiger partial charge in [0.2, 0.25) is 5.91 Å². The number of carbonyl (C=O) groups is 1. The molecule has 1 aliphatic carbocycles. The molecule has 3 rings (SSSR count). The van der Waals surface area contributed by atoms with E-state index < -0.39 is 0 Å². The van der Waals surface area contributed by atoms with Gasteiger partial charge in [0.1, 0.15) is 0 Å². The lowest BCUT2D eigenvalue weighted by molar-refractivity contribution is -0.133. The molecule has 0 bridgehead atoms. The SMILES string of the molecule is O=C(CC1CCCNC1)N(Cc1ccccn1)C1CC1. The molecule has 0 aromatic carbocycles. The third-order valence-corrected chi connectivity index (χ3v) is 4.23. The quantitative estimate of drug-likeness (QED) is 0.892. The first-order valence-corrected chi connectivity index (χ1v) is 7.73. The molecule has 1 aliphatic heterocycles. The monoisotopic (exact) mass is 273 g/mol. The number of pyridine rings is 1. The van der Waals surface area contributed by atoms with Crippen molar-refractivity contribution >= 4 is 5.91 Å². The number of nitrogens with zero attached hydrogens (tertiary/aromatic N) is 2. The highest BCUT2D eigenvalue weighted by molar-refractivity contribution is 5.77. The smallest absolute Gasteiger partial charge is 0.223 e. The van der Waals surface area contributed by atoms with Crippen molar-refractivity contribution in [2.75, 3.05) is 13.1 Å². The van der Waals surface area contributed by atoms with Crippen LogP contribution in [-0.2, 0) is 11.3 Å². The topological polar surface area (TPSA) is 45.2 Å². The van der Waals surface area contributed by atoms with E-state index in [1.807, 2.05) is 18.2 Å². The van der Waals surface area contributed by atoms with E-state index in [0.29, 0.717) is 30.8 Å². The molecule has 20 heavy (non-hydrogen) atoms. The molecule has 2 heterocycles. The van der Waals surface area contributed by atoms with Crippen LogP contribution in [0.4, 0.5) is 0 Å². The first-order valence-electron chi connectivity index (χ1n) is 7.73. The second-order valence-corrected chi connectivity index (χ2v) is 5.99. The standard InChI is InChI=1S/C16H23N3O/c20-16(10-13-4-3-8-17-11-13)19(15-6-7-15)12-14-5-1-2-9-18-14/h1-2,5,9,13,15,17H,3-4,6-8,10-12H2. The molecular weight excluding hydrogens is 250 g/mol. The normalized spacial score (nSPS) is 22.5. The number of nitrogens with one attached hydrogen (secondary N) is 1. The maximum absolute atomic E-state index is 12.6. The van der Waals surface area contributed by atoms with E-state index >= 15 is 0 Å². The minimum Gasteiger partial charge on any atom is -0.334 e. The van der Waals surface area contributed by atoms with Crippen molar-refractivity contribution in [3.63, 3.8) is 0 Å². The van der Waals surface area contributed by atoms with Crippen molar-refractivity contribution in [3.8, 4) is 0 Å². The number of hydrogen-bond donors (Lipinski definition) is 1. The largest absolute Gasteiger partial charge is 0.334 e. The third kappa shape index (κ3) is 3.57. The molecular formula is C16H23N3O. The summed E-state index contributed by atoms with van der Waals surface area (Å²) in [5.74, 6) is 0.827. The molecule has 2 aliphatic rings. The van der Waals surface area contributed by atoms with Gasteiger partial charge in [-0.3, -0.25) is 9.78 Å². The molecule has 0 radical (unpaired) electrons. The van der Waals surface area contributed by atoms with Crippen LogP contribution >= 0.6 is 0 Å². The van der Waals surface area contributed by atoms with Crippen LogP contribution in [-0.4, -0.2) is 34.9 Å². The van der Waals surface area contributed by atoms with Gasteiger partial charge >= 0.3 is 0 Å². The molecule has 4 nitrogen and oxygen atoms in total. The lowest BCUT2D eigenvalue weighted by Crippen LogP contribution is -2.37. The zero-order valence-corrected chi connectivity index (χ0v) is 11.9. The Labute approximate surface area is 120 Å². The maximum Gasteiger partial charge on any atom is 0.223 e. The van der Waals surface area contributed by atoms with Gasteiger partial charge in [-0.15, -0.1) is 0 Å². The Morgan fingerprint density at radius 2 is 2.25 bits per heavy atom. The molecule has 1 aromatic heterocycles. The summed E-state index contributed by atoms with van der Waals surface area (Å²) in [7, 11) is 0. The maximum atomic E-state index is 12.6. The number of hydrogen-bond acceptors (Lipinski definition) is 3. The Bertz CT molecular complexity index is 438. The van der Waals surface area contributed by atoms with E-state index in [-0.39, 0.29) is 0 Å². The highest BCUT2D eigenvalue weighted by Gasteiger charge is 2.33. The highest BCUT2D eigenvalue weighted by atomic mass is 16.2. The molecule has 0 spiro atoms. The van der Waals surface area contributed by atoms with Gasteiger partial charge in [0.15, 0.2) is 0 Å². The van der Waals surface area contributed by atoms with E-state index in [9.17, 15) is 4.79 Å². The van der Waals surface area contributed by atoms with Gasteiger partial charge in [-0.05, 0) is 56.8 Å². The minimum absolute atomic E-state index is 0.312. The molecule has 2 fully saturated rings. The second-order valence-electron chi connectivity index (χ2n) is 5.99. The summed E-state index contributed by atoms with van der Waals surface area (Å²) in [6.45, 7) is 2.77. The van der Waals surface area contributed by atoms with Crippen LogP contribution in [0.1, 0.15) is 37.8 Å². The summed E-state index contributed by atoms with van der Waals surface area (Å²) in [5, 5.41) is 3.39. The Hall–Kier alpha value is -1.42. The fourth-order valence-corrected chi connectivity index (χ4v) is 2.94. The summed E-state index contributed by atoms with van der Waals surface area (Å²) >= 11 is 0. The van der Waals surface area contributed by atoms with Crippen LogP contribution in [0, 0.1) is 5.92 Å². The van der Waals surface area contributed by atoms with Gasteiger partial charge in [0, 0.05) is 18.7 Å². The summed E-state index contributed by atoms with van der Waals surface area (Å²) in [6.07, 6.45) is 7.18.